The van der Waals surface area contributed by atoms with E-state index in [9.17, 15) is 14.4 Å². The van der Waals surface area contributed by atoms with Crippen LogP contribution in [0.5, 0.6) is 0 Å². The molecule has 124 valence electrons. The highest BCUT2D eigenvalue weighted by atomic mass is 35.5. The molecule has 0 radical (unpaired) electrons. The Bertz CT molecular complexity index is 891. The molecule has 24 heavy (non-hydrogen) atoms. The molecule has 2 amide bonds. The predicted molar refractivity (Wildman–Crippen MR) is 90.6 cm³/mol. The zero-order chi connectivity index (χ0) is 17.3. The first-order valence-corrected chi connectivity index (χ1v) is 7.82. The van der Waals surface area contributed by atoms with Crippen molar-refractivity contribution in [2.24, 2.45) is 0 Å². The van der Waals surface area contributed by atoms with E-state index >= 15 is 0 Å². The summed E-state index contributed by atoms with van der Waals surface area (Å²) < 4.78 is 0. The van der Waals surface area contributed by atoms with Crippen LogP contribution in [0.2, 0.25) is 5.02 Å². The third-order valence-corrected chi connectivity index (χ3v) is 4.03. The third-order valence-electron chi connectivity index (χ3n) is 3.70. The molecule has 0 saturated carbocycles. The van der Waals surface area contributed by atoms with Gasteiger partial charge in [0.1, 0.15) is 0 Å². The van der Waals surface area contributed by atoms with E-state index in [2.05, 4.69) is 20.6 Å². The van der Waals surface area contributed by atoms with E-state index in [0.717, 1.165) is 12.8 Å². The van der Waals surface area contributed by atoms with Crippen LogP contribution in [0.4, 0.5) is 11.6 Å². The number of aromatic amines is 1. The molecule has 0 unspecified atom stereocenters. The third kappa shape index (κ3) is 3.30. The van der Waals surface area contributed by atoms with Crippen molar-refractivity contribution in [3.05, 3.63) is 50.4 Å². The molecule has 3 rings (SSSR count). The topological polar surface area (TPSA) is 104 Å². The Kier molecular flexibility index (Phi) is 4.35. The molecule has 3 N–H and O–H groups in total. The van der Waals surface area contributed by atoms with Gasteiger partial charge in [-0.25, -0.2) is 4.98 Å². The number of nitrogens with one attached hydrogen (secondary N) is 3. The lowest BCUT2D eigenvalue weighted by atomic mass is 10.2. The fraction of sp³-hybridized carbons (Fsp3) is 0.250. The second-order valence-corrected chi connectivity index (χ2v) is 5.93. The fourth-order valence-corrected chi connectivity index (χ4v) is 2.86. The molecule has 0 spiro atoms. The van der Waals surface area contributed by atoms with Gasteiger partial charge in [0.2, 0.25) is 11.9 Å². The standard InChI is InChI=1S/C16H15ClN4O3/c1-8(22)18-9-5-6-12(17)11(7-9)15(24)21-16-19-13-4-2-3-10(13)14(23)20-16/h5-7H,2-4H2,1H3,(H,18,22)(H2,19,20,21,23,24). The van der Waals surface area contributed by atoms with E-state index in [1.807, 2.05) is 0 Å². The number of benzene rings is 1. The molecule has 7 nitrogen and oxygen atoms in total. The molecule has 1 aromatic carbocycles. The summed E-state index contributed by atoms with van der Waals surface area (Å²) in [5, 5.41) is 5.36. The number of halogens is 1. The second-order valence-electron chi connectivity index (χ2n) is 5.52. The number of rotatable bonds is 3. The zero-order valence-corrected chi connectivity index (χ0v) is 13.7. The van der Waals surface area contributed by atoms with Crippen LogP contribution in [0.15, 0.2) is 23.0 Å². The molecule has 2 aromatic rings. The monoisotopic (exact) mass is 346 g/mol. The Morgan fingerprint density at radius 1 is 1.25 bits per heavy atom. The molecule has 0 atom stereocenters. The SMILES string of the molecule is CC(=O)Nc1ccc(Cl)c(C(=O)Nc2nc3c(c(=O)[nH]2)CCC3)c1. The van der Waals surface area contributed by atoms with E-state index in [0.29, 0.717) is 23.4 Å². The van der Waals surface area contributed by atoms with E-state index in [-0.39, 0.29) is 28.0 Å². The first-order chi connectivity index (χ1) is 11.4. The van der Waals surface area contributed by atoms with Crippen molar-refractivity contribution in [3.8, 4) is 0 Å². The number of aromatic nitrogens is 2. The average molecular weight is 347 g/mol. The maximum Gasteiger partial charge on any atom is 0.259 e. The zero-order valence-electron chi connectivity index (χ0n) is 12.9. The largest absolute Gasteiger partial charge is 0.326 e. The van der Waals surface area contributed by atoms with Gasteiger partial charge in [-0.1, -0.05) is 11.6 Å². The number of anilines is 2. The summed E-state index contributed by atoms with van der Waals surface area (Å²) in [6.07, 6.45) is 2.31. The number of carbonyl (C=O) groups is 2. The van der Waals surface area contributed by atoms with Crippen LogP contribution in [0, 0.1) is 0 Å². The Morgan fingerprint density at radius 2 is 2.04 bits per heavy atom. The number of nitrogens with zero attached hydrogens (tertiary/aromatic N) is 1. The van der Waals surface area contributed by atoms with Crippen molar-refractivity contribution >= 4 is 35.1 Å². The van der Waals surface area contributed by atoms with Crippen LogP contribution >= 0.6 is 11.6 Å². The summed E-state index contributed by atoms with van der Waals surface area (Å²) in [4.78, 5) is 42.4. The predicted octanol–water partition coefficient (Wildman–Crippen LogP) is 2.12. The van der Waals surface area contributed by atoms with Gasteiger partial charge >= 0.3 is 0 Å². The quantitative estimate of drug-likeness (QED) is 0.791. The highest BCUT2D eigenvalue weighted by molar-refractivity contribution is 6.34. The van der Waals surface area contributed by atoms with Gasteiger partial charge in [0.25, 0.3) is 11.5 Å². The lowest BCUT2D eigenvalue weighted by molar-refractivity contribution is -0.114. The molecular formula is C16H15ClN4O3. The smallest absolute Gasteiger partial charge is 0.259 e. The number of H-pyrrole nitrogens is 1. The summed E-state index contributed by atoms with van der Waals surface area (Å²) in [7, 11) is 0. The molecule has 1 aromatic heterocycles. The van der Waals surface area contributed by atoms with Gasteiger partial charge in [0, 0.05) is 18.2 Å². The minimum atomic E-state index is -0.520. The lowest BCUT2D eigenvalue weighted by Gasteiger charge is -2.09. The van der Waals surface area contributed by atoms with Gasteiger partial charge in [-0.2, -0.15) is 0 Å². The molecule has 0 bridgehead atoms. The number of hydrogen-bond donors (Lipinski definition) is 3. The molecule has 1 aliphatic rings. The van der Waals surface area contributed by atoms with Crippen LogP contribution in [0.25, 0.3) is 0 Å². The summed E-state index contributed by atoms with van der Waals surface area (Å²) in [5.74, 6) is -0.687. The Balaban J connectivity index is 1.86. The molecular weight excluding hydrogens is 332 g/mol. The van der Waals surface area contributed by atoms with Crippen molar-refractivity contribution in [1.82, 2.24) is 9.97 Å². The van der Waals surface area contributed by atoms with Crippen LogP contribution in [0.1, 0.15) is 35.0 Å². The van der Waals surface area contributed by atoms with Gasteiger partial charge in [0.05, 0.1) is 16.3 Å². The summed E-state index contributed by atoms with van der Waals surface area (Å²) in [5.41, 5.74) is 1.79. The minimum Gasteiger partial charge on any atom is -0.326 e. The summed E-state index contributed by atoms with van der Waals surface area (Å²) in [6.45, 7) is 1.37. The van der Waals surface area contributed by atoms with Crippen molar-refractivity contribution in [3.63, 3.8) is 0 Å². The van der Waals surface area contributed by atoms with Gasteiger partial charge in [-0.05, 0) is 37.5 Å². The number of aryl methyl sites for hydroxylation is 1. The van der Waals surface area contributed by atoms with Crippen LogP contribution in [-0.4, -0.2) is 21.8 Å². The number of amides is 2. The Hall–Kier alpha value is -2.67. The van der Waals surface area contributed by atoms with Gasteiger partial charge in [-0.15, -0.1) is 0 Å². The van der Waals surface area contributed by atoms with Crippen LogP contribution in [-0.2, 0) is 17.6 Å². The van der Waals surface area contributed by atoms with Crippen molar-refractivity contribution in [2.45, 2.75) is 26.2 Å². The fourth-order valence-electron chi connectivity index (χ4n) is 2.66. The molecule has 1 heterocycles. The lowest BCUT2D eigenvalue weighted by Crippen LogP contribution is -2.21. The molecule has 0 fully saturated rings. The maximum atomic E-state index is 12.4. The van der Waals surface area contributed by atoms with Gasteiger partial charge in [-0.3, -0.25) is 24.7 Å². The van der Waals surface area contributed by atoms with Crippen LogP contribution < -0.4 is 16.2 Å². The highest BCUT2D eigenvalue weighted by Gasteiger charge is 2.19. The number of fused-ring (bicyclic) bond motifs is 1. The van der Waals surface area contributed by atoms with Crippen molar-refractivity contribution < 1.29 is 9.59 Å². The van der Waals surface area contributed by atoms with Crippen LogP contribution in [0.3, 0.4) is 0 Å². The Morgan fingerprint density at radius 3 is 2.79 bits per heavy atom. The van der Waals surface area contributed by atoms with E-state index < -0.39 is 5.91 Å². The number of carbonyl (C=O) groups excluding carboxylic acids is 2. The van der Waals surface area contributed by atoms with E-state index in [4.69, 9.17) is 11.6 Å². The normalized spacial score (nSPS) is 12.6. The molecule has 0 saturated heterocycles. The van der Waals surface area contributed by atoms with Gasteiger partial charge in [0.15, 0.2) is 0 Å². The average Bonchev–Trinajstić information content (AvgIpc) is 2.97. The van der Waals surface area contributed by atoms with E-state index in [1.165, 1.54) is 19.1 Å². The maximum absolute atomic E-state index is 12.4. The first-order valence-electron chi connectivity index (χ1n) is 7.44. The molecule has 8 heteroatoms. The second kappa shape index (κ2) is 6.45. The van der Waals surface area contributed by atoms with Gasteiger partial charge < -0.3 is 5.32 Å². The van der Waals surface area contributed by atoms with Crippen molar-refractivity contribution in [1.29, 1.82) is 0 Å². The van der Waals surface area contributed by atoms with E-state index in [1.54, 1.807) is 6.07 Å². The van der Waals surface area contributed by atoms with Crippen molar-refractivity contribution in [2.75, 3.05) is 10.6 Å². The highest BCUT2D eigenvalue weighted by Crippen LogP contribution is 2.22. The summed E-state index contributed by atoms with van der Waals surface area (Å²) >= 11 is 6.05. The molecule has 1 aliphatic carbocycles. The summed E-state index contributed by atoms with van der Waals surface area (Å²) in [6, 6.07) is 4.57. The first kappa shape index (κ1) is 16.2. The molecule has 0 aliphatic heterocycles. The number of hydrogen-bond acceptors (Lipinski definition) is 4. The Labute approximate surface area is 142 Å². The minimum absolute atomic E-state index is 0.0895.